The zero-order valence-electron chi connectivity index (χ0n) is 10.9. The molecule has 0 saturated heterocycles. The van der Waals surface area contributed by atoms with E-state index in [1.807, 2.05) is 0 Å². The SMILES string of the molecule is CNc1ncnc(OCCOCCOC)c1OC. The van der Waals surface area contributed by atoms with Crippen molar-refractivity contribution in [2.75, 3.05) is 53.0 Å². The minimum atomic E-state index is 0.389. The highest BCUT2D eigenvalue weighted by atomic mass is 16.6. The first-order valence-corrected chi connectivity index (χ1v) is 5.59. The highest BCUT2D eigenvalue weighted by Gasteiger charge is 2.11. The van der Waals surface area contributed by atoms with E-state index in [0.717, 1.165) is 0 Å². The van der Waals surface area contributed by atoms with E-state index >= 15 is 0 Å². The standard InChI is InChI=1S/C11H19N3O4/c1-12-10-9(16-3)11(14-8-13-10)18-7-6-17-5-4-15-2/h8H,4-7H2,1-3H3,(H,12,13,14). The summed E-state index contributed by atoms with van der Waals surface area (Å²) in [5.74, 6) is 1.46. The molecular weight excluding hydrogens is 238 g/mol. The monoisotopic (exact) mass is 257 g/mol. The summed E-state index contributed by atoms with van der Waals surface area (Å²) in [5.41, 5.74) is 0. The van der Waals surface area contributed by atoms with Crippen molar-refractivity contribution in [1.29, 1.82) is 0 Å². The highest BCUT2D eigenvalue weighted by Crippen LogP contribution is 2.30. The molecule has 18 heavy (non-hydrogen) atoms. The van der Waals surface area contributed by atoms with Crippen LogP contribution in [0.25, 0.3) is 0 Å². The third-order valence-corrected chi connectivity index (χ3v) is 2.11. The van der Waals surface area contributed by atoms with Crippen LogP contribution in [-0.2, 0) is 9.47 Å². The van der Waals surface area contributed by atoms with Crippen molar-refractivity contribution >= 4 is 5.82 Å². The molecule has 0 saturated carbocycles. The van der Waals surface area contributed by atoms with Gasteiger partial charge < -0.3 is 24.3 Å². The van der Waals surface area contributed by atoms with Gasteiger partial charge in [-0.25, -0.2) is 4.98 Å². The summed E-state index contributed by atoms with van der Waals surface area (Å²) in [6, 6.07) is 0. The molecule has 0 amide bonds. The van der Waals surface area contributed by atoms with Crippen LogP contribution in [0, 0.1) is 0 Å². The van der Waals surface area contributed by atoms with E-state index in [-0.39, 0.29) is 0 Å². The fourth-order valence-electron chi connectivity index (χ4n) is 1.26. The van der Waals surface area contributed by atoms with Crippen LogP contribution in [0.2, 0.25) is 0 Å². The predicted octanol–water partition coefficient (Wildman–Crippen LogP) is 0.569. The van der Waals surface area contributed by atoms with E-state index in [1.54, 1.807) is 21.3 Å². The summed E-state index contributed by atoms with van der Waals surface area (Å²) >= 11 is 0. The molecule has 7 heteroatoms. The second-order valence-corrected chi connectivity index (χ2v) is 3.26. The van der Waals surface area contributed by atoms with Crippen molar-refractivity contribution in [2.45, 2.75) is 0 Å². The number of methoxy groups -OCH3 is 2. The lowest BCUT2D eigenvalue weighted by Crippen LogP contribution is -2.11. The fraction of sp³-hybridized carbons (Fsp3) is 0.636. The van der Waals surface area contributed by atoms with Crippen molar-refractivity contribution in [3.8, 4) is 11.6 Å². The van der Waals surface area contributed by atoms with Crippen LogP contribution in [0.5, 0.6) is 11.6 Å². The largest absolute Gasteiger partial charge is 0.489 e. The Kier molecular flexibility index (Phi) is 6.82. The molecule has 7 nitrogen and oxygen atoms in total. The number of hydrogen-bond donors (Lipinski definition) is 1. The number of hydrogen-bond acceptors (Lipinski definition) is 7. The lowest BCUT2D eigenvalue weighted by atomic mass is 10.5. The second kappa shape index (κ2) is 8.48. The first-order chi connectivity index (χ1) is 8.83. The Morgan fingerprint density at radius 2 is 1.89 bits per heavy atom. The molecule has 0 fully saturated rings. The number of nitrogens with one attached hydrogen (secondary N) is 1. The fourth-order valence-corrected chi connectivity index (χ4v) is 1.26. The Balaban J connectivity index is 2.41. The average Bonchev–Trinajstić information content (AvgIpc) is 2.42. The second-order valence-electron chi connectivity index (χ2n) is 3.26. The maximum Gasteiger partial charge on any atom is 0.262 e. The van der Waals surface area contributed by atoms with Crippen molar-refractivity contribution in [2.24, 2.45) is 0 Å². The molecule has 0 unspecified atom stereocenters. The Hall–Kier alpha value is -1.60. The van der Waals surface area contributed by atoms with Gasteiger partial charge in [0, 0.05) is 14.2 Å². The minimum Gasteiger partial charge on any atom is -0.489 e. The van der Waals surface area contributed by atoms with Crippen molar-refractivity contribution in [3.05, 3.63) is 6.33 Å². The Morgan fingerprint density at radius 1 is 1.11 bits per heavy atom. The van der Waals surface area contributed by atoms with Crippen LogP contribution in [0.4, 0.5) is 5.82 Å². The van der Waals surface area contributed by atoms with Gasteiger partial charge in [-0.2, -0.15) is 4.98 Å². The summed E-state index contributed by atoms with van der Waals surface area (Å²) in [6.45, 7) is 1.97. The Morgan fingerprint density at radius 3 is 2.56 bits per heavy atom. The maximum atomic E-state index is 5.47. The van der Waals surface area contributed by atoms with Crippen LogP contribution < -0.4 is 14.8 Å². The van der Waals surface area contributed by atoms with Gasteiger partial charge in [-0.3, -0.25) is 0 Å². The number of nitrogens with zero attached hydrogens (tertiary/aromatic N) is 2. The molecule has 102 valence electrons. The number of rotatable bonds is 9. The predicted molar refractivity (Wildman–Crippen MR) is 66.3 cm³/mol. The van der Waals surface area contributed by atoms with Gasteiger partial charge in [-0.15, -0.1) is 0 Å². The summed E-state index contributed by atoms with van der Waals surface area (Å²) in [5, 5.41) is 2.90. The maximum absolute atomic E-state index is 5.47. The first-order valence-electron chi connectivity index (χ1n) is 5.59. The molecule has 0 aliphatic rings. The molecule has 1 rings (SSSR count). The molecule has 0 spiro atoms. The van der Waals surface area contributed by atoms with Crippen molar-refractivity contribution < 1.29 is 18.9 Å². The van der Waals surface area contributed by atoms with Gasteiger partial charge in [0.2, 0.25) is 5.75 Å². The number of aromatic nitrogens is 2. The van der Waals surface area contributed by atoms with Crippen LogP contribution in [0.15, 0.2) is 6.33 Å². The van der Waals surface area contributed by atoms with Crippen molar-refractivity contribution in [1.82, 2.24) is 9.97 Å². The van der Waals surface area contributed by atoms with Gasteiger partial charge in [-0.05, 0) is 0 Å². The number of anilines is 1. The molecule has 1 aromatic heterocycles. The molecule has 0 bridgehead atoms. The molecule has 0 radical (unpaired) electrons. The summed E-state index contributed by atoms with van der Waals surface area (Å²) in [6.07, 6.45) is 1.41. The van der Waals surface area contributed by atoms with Crippen LogP contribution >= 0.6 is 0 Å². The first kappa shape index (κ1) is 14.5. The summed E-state index contributed by atoms with van der Waals surface area (Å²) in [7, 11) is 4.93. The summed E-state index contributed by atoms with van der Waals surface area (Å²) in [4.78, 5) is 8.04. The van der Waals surface area contributed by atoms with Gasteiger partial charge in [0.05, 0.1) is 26.9 Å². The van der Waals surface area contributed by atoms with E-state index in [1.165, 1.54) is 6.33 Å². The highest BCUT2D eigenvalue weighted by molar-refractivity contribution is 5.54. The van der Waals surface area contributed by atoms with Crippen molar-refractivity contribution in [3.63, 3.8) is 0 Å². The Labute approximate surface area is 106 Å². The van der Waals surface area contributed by atoms with Gasteiger partial charge >= 0.3 is 0 Å². The van der Waals surface area contributed by atoms with Crippen LogP contribution in [-0.4, -0.2) is 57.7 Å². The zero-order valence-corrected chi connectivity index (χ0v) is 10.9. The average molecular weight is 257 g/mol. The topological polar surface area (TPSA) is 74.7 Å². The minimum absolute atomic E-state index is 0.389. The van der Waals surface area contributed by atoms with Gasteiger partial charge in [-0.1, -0.05) is 0 Å². The molecule has 1 aromatic rings. The van der Waals surface area contributed by atoms with Gasteiger partial charge in [0.15, 0.2) is 5.82 Å². The molecule has 0 atom stereocenters. The van der Waals surface area contributed by atoms with E-state index in [4.69, 9.17) is 18.9 Å². The smallest absolute Gasteiger partial charge is 0.262 e. The van der Waals surface area contributed by atoms with E-state index in [2.05, 4.69) is 15.3 Å². The van der Waals surface area contributed by atoms with E-state index in [0.29, 0.717) is 43.9 Å². The third-order valence-electron chi connectivity index (χ3n) is 2.11. The molecule has 0 aliphatic heterocycles. The quantitative estimate of drug-likeness (QED) is 0.648. The van der Waals surface area contributed by atoms with E-state index in [9.17, 15) is 0 Å². The third kappa shape index (κ3) is 4.34. The molecule has 1 N–H and O–H groups in total. The zero-order chi connectivity index (χ0) is 13.2. The summed E-state index contributed by atoms with van der Waals surface area (Å²) < 4.78 is 20.8. The molecule has 1 heterocycles. The lowest BCUT2D eigenvalue weighted by molar-refractivity contribution is 0.0531. The van der Waals surface area contributed by atoms with E-state index < -0.39 is 0 Å². The van der Waals surface area contributed by atoms with Gasteiger partial charge in [0.25, 0.3) is 5.88 Å². The molecule has 0 aliphatic carbocycles. The molecule has 0 aromatic carbocycles. The van der Waals surface area contributed by atoms with Crippen LogP contribution in [0.3, 0.4) is 0 Å². The lowest BCUT2D eigenvalue weighted by Gasteiger charge is -2.11. The van der Waals surface area contributed by atoms with Crippen LogP contribution in [0.1, 0.15) is 0 Å². The normalized spacial score (nSPS) is 10.2. The Bertz CT molecular complexity index is 349. The molecular formula is C11H19N3O4. The van der Waals surface area contributed by atoms with Gasteiger partial charge in [0.1, 0.15) is 12.9 Å². The number of ether oxygens (including phenoxy) is 4.